The summed E-state index contributed by atoms with van der Waals surface area (Å²) in [5, 5.41) is 4.08. The number of aromatic nitrogens is 2. The fourth-order valence-electron chi connectivity index (χ4n) is 2.82. The largest absolute Gasteiger partial charge is 0.374 e. The first-order chi connectivity index (χ1) is 12.6. The number of terminal acetylenes is 1. The zero-order chi connectivity index (χ0) is 20.3. The summed E-state index contributed by atoms with van der Waals surface area (Å²) >= 11 is 0. The fourth-order valence-corrected chi connectivity index (χ4v) is 2.82. The van der Waals surface area contributed by atoms with E-state index in [1.165, 1.54) is 0 Å². The number of hydrogen-bond donors (Lipinski definition) is 0. The summed E-state index contributed by atoms with van der Waals surface area (Å²) in [6.07, 6.45) is 10.9. The van der Waals surface area contributed by atoms with Gasteiger partial charge in [0, 0.05) is 43.7 Å². The smallest absolute Gasteiger partial charge is 0.264 e. The Hall–Kier alpha value is -2.35. The van der Waals surface area contributed by atoms with Crippen LogP contribution in [0.4, 0.5) is 14.5 Å². The number of aryl methyl sites for hydroxylation is 2. The van der Waals surface area contributed by atoms with Gasteiger partial charge in [0.1, 0.15) is 0 Å². The van der Waals surface area contributed by atoms with Crippen LogP contribution in [-0.4, -0.2) is 23.4 Å². The quantitative estimate of drug-likeness (QED) is 0.637. The molecule has 2 aromatic rings. The lowest BCUT2D eigenvalue weighted by Gasteiger charge is -2.29. The van der Waals surface area contributed by atoms with E-state index in [0.29, 0.717) is 5.56 Å². The van der Waals surface area contributed by atoms with Crippen molar-refractivity contribution in [2.24, 2.45) is 7.05 Å². The standard InChI is InChI=1S/C15H17F2N3.2C2H6.C2H2/c1-19-5-3-4-10-6-12(11-8-18-20(2)9-11)13(15(16)17)7-14(10)19;3*1-2/h6-9,15H,3-5H2,1-2H3;2*1-2H3;1-2H. The summed E-state index contributed by atoms with van der Waals surface area (Å²) in [7, 11) is 3.74. The molecule has 1 aromatic heterocycles. The summed E-state index contributed by atoms with van der Waals surface area (Å²) in [5.74, 6) is 0. The van der Waals surface area contributed by atoms with Gasteiger partial charge >= 0.3 is 0 Å². The van der Waals surface area contributed by atoms with E-state index in [9.17, 15) is 8.78 Å². The van der Waals surface area contributed by atoms with Crippen molar-refractivity contribution in [3.05, 3.63) is 35.7 Å². The Morgan fingerprint density at radius 2 is 1.69 bits per heavy atom. The second-order valence-electron chi connectivity index (χ2n) is 5.30. The third-order valence-electron chi connectivity index (χ3n) is 3.85. The number of fused-ring (bicyclic) bond motifs is 1. The number of nitrogens with zero attached hydrogens (tertiary/aromatic N) is 3. The van der Waals surface area contributed by atoms with Crippen molar-refractivity contribution in [2.45, 2.75) is 47.0 Å². The Bertz CT molecular complexity index is 675. The van der Waals surface area contributed by atoms with Crippen molar-refractivity contribution >= 4 is 5.69 Å². The average Bonchev–Trinajstić information content (AvgIpc) is 3.12. The van der Waals surface area contributed by atoms with Gasteiger partial charge in [0.15, 0.2) is 0 Å². The van der Waals surface area contributed by atoms with Crippen LogP contribution in [0.5, 0.6) is 0 Å². The summed E-state index contributed by atoms with van der Waals surface area (Å²) in [4.78, 5) is 2.05. The Morgan fingerprint density at radius 1 is 1.08 bits per heavy atom. The van der Waals surface area contributed by atoms with Gasteiger partial charge in [-0.1, -0.05) is 27.7 Å². The molecule has 0 radical (unpaired) electrons. The molecule has 0 saturated heterocycles. The highest BCUT2D eigenvalue weighted by Gasteiger charge is 2.22. The number of benzene rings is 1. The second kappa shape index (κ2) is 12.1. The van der Waals surface area contributed by atoms with Crippen molar-refractivity contribution in [3.8, 4) is 24.0 Å². The van der Waals surface area contributed by atoms with Crippen LogP contribution in [0.3, 0.4) is 0 Å². The van der Waals surface area contributed by atoms with Crippen molar-refractivity contribution < 1.29 is 8.78 Å². The molecule has 0 bridgehead atoms. The van der Waals surface area contributed by atoms with Gasteiger partial charge in [-0.15, -0.1) is 12.8 Å². The van der Waals surface area contributed by atoms with Crippen LogP contribution in [0, 0.1) is 12.8 Å². The van der Waals surface area contributed by atoms with Crippen LogP contribution in [0.15, 0.2) is 24.5 Å². The average molecular weight is 363 g/mol. The molecule has 1 aliphatic heterocycles. The molecule has 144 valence electrons. The zero-order valence-corrected chi connectivity index (χ0v) is 16.8. The molecule has 1 aromatic carbocycles. The fraction of sp³-hybridized carbons (Fsp3) is 0.476. The van der Waals surface area contributed by atoms with E-state index in [1.807, 2.05) is 40.8 Å². The SMILES string of the molecule is C#C.CC.CC.CN1CCCc2cc(-c3cnn(C)c3)c(C(F)F)cc21. The zero-order valence-electron chi connectivity index (χ0n) is 16.8. The Kier molecular flexibility index (Phi) is 11.0. The van der Waals surface area contributed by atoms with E-state index < -0.39 is 6.43 Å². The first-order valence-electron chi connectivity index (χ1n) is 9.04. The molecular formula is C21H31F2N3. The summed E-state index contributed by atoms with van der Waals surface area (Å²) in [6, 6.07) is 3.55. The Morgan fingerprint density at radius 3 is 2.19 bits per heavy atom. The highest BCUT2D eigenvalue weighted by Crippen LogP contribution is 2.38. The maximum absolute atomic E-state index is 13.4. The Labute approximate surface area is 157 Å². The maximum atomic E-state index is 13.4. The molecule has 0 N–H and O–H groups in total. The summed E-state index contributed by atoms with van der Waals surface area (Å²) < 4.78 is 28.4. The monoisotopic (exact) mass is 363 g/mol. The molecule has 0 saturated carbocycles. The van der Waals surface area contributed by atoms with Gasteiger partial charge in [-0.05, 0) is 36.1 Å². The first kappa shape index (κ1) is 23.7. The van der Waals surface area contributed by atoms with Gasteiger partial charge in [-0.2, -0.15) is 5.10 Å². The predicted octanol–water partition coefficient (Wildman–Crippen LogP) is 5.71. The highest BCUT2D eigenvalue weighted by molar-refractivity contribution is 5.73. The molecule has 3 nitrogen and oxygen atoms in total. The van der Waals surface area contributed by atoms with Gasteiger partial charge in [-0.3, -0.25) is 4.68 Å². The van der Waals surface area contributed by atoms with Crippen LogP contribution in [0.2, 0.25) is 0 Å². The van der Waals surface area contributed by atoms with Gasteiger partial charge in [0.25, 0.3) is 6.43 Å². The van der Waals surface area contributed by atoms with E-state index >= 15 is 0 Å². The lowest BCUT2D eigenvalue weighted by Crippen LogP contribution is -2.25. The topological polar surface area (TPSA) is 21.1 Å². The molecule has 0 aliphatic carbocycles. The van der Waals surface area contributed by atoms with Gasteiger partial charge in [-0.25, -0.2) is 8.78 Å². The van der Waals surface area contributed by atoms with Gasteiger partial charge < -0.3 is 4.90 Å². The molecule has 5 heteroatoms. The minimum atomic E-state index is -2.48. The molecule has 3 rings (SSSR count). The summed E-state index contributed by atoms with van der Waals surface area (Å²) in [6.45, 7) is 8.92. The number of alkyl halides is 2. The predicted molar refractivity (Wildman–Crippen MR) is 108 cm³/mol. The Balaban J connectivity index is 0.000000948. The van der Waals surface area contributed by atoms with E-state index in [4.69, 9.17) is 0 Å². The van der Waals surface area contributed by atoms with E-state index in [1.54, 1.807) is 30.2 Å². The molecule has 26 heavy (non-hydrogen) atoms. The van der Waals surface area contributed by atoms with E-state index in [-0.39, 0.29) is 5.56 Å². The van der Waals surface area contributed by atoms with Crippen LogP contribution in [0.25, 0.3) is 11.1 Å². The van der Waals surface area contributed by atoms with Gasteiger partial charge in [0.2, 0.25) is 0 Å². The highest BCUT2D eigenvalue weighted by atomic mass is 19.3. The van der Waals surface area contributed by atoms with Crippen molar-refractivity contribution in [3.63, 3.8) is 0 Å². The molecular weight excluding hydrogens is 332 g/mol. The first-order valence-corrected chi connectivity index (χ1v) is 9.04. The molecule has 0 atom stereocenters. The summed E-state index contributed by atoms with van der Waals surface area (Å²) in [5.41, 5.74) is 3.51. The maximum Gasteiger partial charge on any atom is 0.264 e. The third kappa shape index (κ3) is 5.59. The van der Waals surface area contributed by atoms with Crippen molar-refractivity contribution in [1.29, 1.82) is 0 Å². The van der Waals surface area contributed by atoms with Crippen molar-refractivity contribution in [2.75, 3.05) is 18.5 Å². The van der Waals surface area contributed by atoms with Crippen LogP contribution in [-0.2, 0) is 13.5 Å². The molecule has 0 spiro atoms. The third-order valence-corrected chi connectivity index (χ3v) is 3.85. The molecule has 0 amide bonds. The molecule has 1 aliphatic rings. The van der Waals surface area contributed by atoms with Crippen molar-refractivity contribution in [1.82, 2.24) is 9.78 Å². The number of hydrogen-bond acceptors (Lipinski definition) is 2. The number of anilines is 1. The lowest BCUT2D eigenvalue weighted by atomic mass is 9.93. The number of halogens is 2. The molecule has 2 heterocycles. The van der Waals surface area contributed by atoms with Crippen LogP contribution >= 0.6 is 0 Å². The van der Waals surface area contributed by atoms with E-state index in [0.717, 1.165) is 36.2 Å². The molecule has 0 unspecified atom stereocenters. The van der Waals surface area contributed by atoms with E-state index in [2.05, 4.69) is 22.8 Å². The number of rotatable bonds is 2. The minimum absolute atomic E-state index is 0.0884. The van der Waals surface area contributed by atoms with Crippen LogP contribution < -0.4 is 4.90 Å². The lowest BCUT2D eigenvalue weighted by molar-refractivity contribution is 0.152. The normalized spacial score (nSPS) is 11.9. The second-order valence-corrected chi connectivity index (χ2v) is 5.30. The molecule has 0 fully saturated rings. The van der Waals surface area contributed by atoms with Gasteiger partial charge in [0.05, 0.1) is 6.20 Å². The minimum Gasteiger partial charge on any atom is -0.374 e. The van der Waals surface area contributed by atoms with Crippen LogP contribution in [0.1, 0.15) is 51.7 Å².